The van der Waals surface area contributed by atoms with Crippen LogP contribution in [0.15, 0.2) is 12.2 Å². The zero-order chi connectivity index (χ0) is 10.4. The van der Waals surface area contributed by atoms with Crippen LogP contribution in [0.2, 0.25) is 0 Å². The summed E-state index contributed by atoms with van der Waals surface area (Å²) < 4.78 is 0. The lowest BCUT2D eigenvalue weighted by molar-refractivity contribution is 0.325. The Hall–Kier alpha value is 0.0100. The Morgan fingerprint density at radius 1 is 1.43 bits per heavy atom. The van der Waals surface area contributed by atoms with E-state index in [0.717, 1.165) is 13.1 Å². The fourth-order valence-corrected chi connectivity index (χ4v) is 2.46. The summed E-state index contributed by atoms with van der Waals surface area (Å²) in [6.45, 7) is 12.9. The van der Waals surface area contributed by atoms with E-state index in [2.05, 4.69) is 42.4 Å². The van der Waals surface area contributed by atoms with Crippen molar-refractivity contribution < 1.29 is 0 Å². The molecule has 3 heteroatoms. The van der Waals surface area contributed by atoms with Crippen LogP contribution in [-0.4, -0.2) is 48.6 Å². The van der Waals surface area contributed by atoms with Crippen molar-refractivity contribution in [2.45, 2.75) is 19.9 Å². The molecule has 0 aromatic carbocycles. The van der Waals surface area contributed by atoms with Crippen LogP contribution in [0.3, 0.4) is 0 Å². The molecule has 2 nitrogen and oxygen atoms in total. The molecule has 0 bridgehead atoms. The first-order valence-corrected chi connectivity index (χ1v) is 6.54. The Morgan fingerprint density at radius 3 is 2.64 bits per heavy atom. The third-order valence-electron chi connectivity index (χ3n) is 2.31. The lowest BCUT2D eigenvalue weighted by atomic mass is 10.2. The normalized spacial score (nSPS) is 18.8. The van der Waals surface area contributed by atoms with Gasteiger partial charge in [-0.05, 0) is 5.57 Å². The predicted molar refractivity (Wildman–Crippen MR) is 66.0 cm³/mol. The van der Waals surface area contributed by atoms with E-state index >= 15 is 0 Å². The van der Waals surface area contributed by atoms with E-state index in [4.69, 9.17) is 0 Å². The molecule has 1 aliphatic rings. The molecule has 0 aromatic heterocycles. The van der Waals surface area contributed by atoms with Gasteiger partial charge in [0.15, 0.2) is 0 Å². The van der Waals surface area contributed by atoms with Gasteiger partial charge in [-0.25, -0.2) is 0 Å². The zero-order valence-electron chi connectivity index (χ0n) is 9.38. The van der Waals surface area contributed by atoms with Crippen molar-refractivity contribution in [2.24, 2.45) is 0 Å². The fourth-order valence-electron chi connectivity index (χ4n) is 1.48. The number of hydrogen-bond acceptors (Lipinski definition) is 3. The van der Waals surface area contributed by atoms with Crippen LogP contribution in [0.5, 0.6) is 0 Å². The summed E-state index contributed by atoms with van der Waals surface area (Å²) in [5, 5.41) is 3.40. The van der Waals surface area contributed by atoms with E-state index in [9.17, 15) is 0 Å². The molecule has 1 aliphatic heterocycles. The molecule has 0 aromatic rings. The third kappa shape index (κ3) is 5.03. The Balaban J connectivity index is 2.12. The van der Waals surface area contributed by atoms with Crippen LogP contribution >= 0.6 is 11.8 Å². The van der Waals surface area contributed by atoms with Gasteiger partial charge in [-0.2, -0.15) is 11.8 Å². The average molecular weight is 214 g/mol. The molecule has 0 atom stereocenters. The second-order valence-corrected chi connectivity index (χ2v) is 5.40. The first-order valence-electron chi connectivity index (χ1n) is 5.38. The minimum absolute atomic E-state index is 0.559. The lowest BCUT2D eigenvalue weighted by Crippen LogP contribution is -2.36. The molecule has 0 spiro atoms. The molecule has 1 rings (SSSR count). The van der Waals surface area contributed by atoms with Crippen molar-refractivity contribution in [3.8, 4) is 0 Å². The van der Waals surface area contributed by atoms with Crippen LogP contribution < -0.4 is 5.32 Å². The maximum absolute atomic E-state index is 4.11. The minimum atomic E-state index is 0.559. The Bertz CT molecular complexity index is 174. The molecule has 1 fully saturated rings. The summed E-state index contributed by atoms with van der Waals surface area (Å²) in [7, 11) is 0. The number of rotatable bonds is 5. The van der Waals surface area contributed by atoms with E-state index in [0.29, 0.717) is 6.04 Å². The van der Waals surface area contributed by atoms with Gasteiger partial charge in [-0.3, -0.25) is 4.90 Å². The molecule has 0 aliphatic carbocycles. The lowest BCUT2D eigenvalue weighted by Gasteiger charge is -2.27. The summed E-state index contributed by atoms with van der Waals surface area (Å²) in [6.07, 6.45) is 0. The highest BCUT2D eigenvalue weighted by Gasteiger charge is 2.10. The van der Waals surface area contributed by atoms with Gasteiger partial charge in [0.2, 0.25) is 0 Å². The number of thioether (sulfide) groups is 1. The standard InChI is InChI=1S/C11H22N2S/c1-10(2)12-8-11(3)9-13-4-6-14-7-5-13/h10,12H,3-9H2,1-2H3. The second-order valence-electron chi connectivity index (χ2n) is 4.17. The van der Waals surface area contributed by atoms with Gasteiger partial charge in [0, 0.05) is 43.7 Å². The van der Waals surface area contributed by atoms with E-state index < -0.39 is 0 Å². The first kappa shape index (κ1) is 12.1. The van der Waals surface area contributed by atoms with Gasteiger partial charge in [-0.1, -0.05) is 20.4 Å². The van der Waals surface area contributed by atoms with Crippen LogP contribution in [0, 0.1) is 0 Å². The molecule has 1 N–H and O–H groups in total. The molecule has 0 amide bonds. The van der Waals surface area contributed by atoms with Gasteiger partial charge < -0.3 is 5.32 Å². The van der Waals surface area contributed by atoms with Crippen molar-refractivity contribution in [3.63, 3.8) is 0 Å². The summed E-state index contributed by atoms with van der Waals surface area (Å²) in [6, 6.07) is 0.559. The Morgan fingerprint density at radius 2 is 2.07 bits per heavy atom. The smallest absolute Gasteiger partial charge is 0.0203 e. The molecule has 1 heterocycles. The van der Waals surface area contributed by atoms with E-state index in [1.54, 1.807) is 0 Å². The Labute approximate surface area is 92.1 Å². The van der Waals surface area contributed by atoms with E-state index in [1.165, 1.54) is 30.2 Å². The van der Waals surface area contributed by atoms with Gasteiger partial charge in [0.05, 0.1) is 0 Å². The van der Waals surface area contributed by atoms with Crippen LogP contribution in [0.25, 0.3) is 0 Å². The SMILES string of the molecule is C=C(CNC(C)C)CN1CCSCC1. The fraction of sp³-hybridized carbons (Fsp3) is 0.818. The second kappa shape index (κ2) is 6.49. The maximum atomic E-state index is 4.11. The van der Waals surface area contributed by atoms with Crippen molar-refractivity contribution in [3.05, 3.63) is 12.2 Å². The number of hydrogen-bond donors (Lipinski definition) is 1. The summed E-state index contributed by atoms with van der Waals surface area (Å²) in [5.41, 5.74) is 1.31. The van der Waals surface area contributed by atoms with Gasteiger partial charge in [0.25, 0.3) is 0 Å². The van der Waals surface area contributed by atoms with Crippen LogP contribution in [0.1, 0.15) is 13.8 Å². The monoisotopic (exact) mass is 214 g/mol. The maximum Gasteiger partial charge on any atom is 0.0203 e. The van der Waals surface area contributed by atoms with E-state index in [1.807, 2.05) is 0 Å². The highest BCUT2D eigenvalue weighted by atomic mass is 32.2. The van der Waals surface area contributed by atoms with Crippen molar-refractivity contribution in [2.75, 3.05) is 37.7 Å². The number of nitrogens with one attached hydrogen (secondary N) is 1. The van der Waals surface area contributed by atoms with Crippen molar-refractivity contribution >= 4 is 11.8 Å². The summed E-state index contributed by atoms with van der Waals surface area (Å²) >= 11 is 2.06. The highest BCUT2D eigenvalue weighted by molar-refractivity contribution is 7.99. The number of nitrogens with zero attached hydrogens (tertiary/aromatic N) is 1. The van der Waals surface area contributed by atoms with Gasteiger partial charge >= 0.3 is 0 Å². The summed E-state index contributed by atoms with van der Waals surface area (Å²) in [4.78, 5) is 2.50. The van der Waals surface area contributed by atoms with Crippen LogP contribution in [0.4, 0.5) is 0 Å². The van der Waals surface area contributed by atoms with Crippen molar-refractivity contribution in [1.29, 1.82) is 0 Å². The molecule has 82 valence electrons. The largest absolute Gasteiger partial charge is 0.311 e. The molecule has 0 saturated carbocycles. The zero-order valence-corrected chi connectivity index (χ0v) is 10.2. The topological polar surface area (TPSA) is 15.3 Å². The third-order valence-corrected chi connectivity index (χ3v) is 3.25. The van der Waals surface area contributed by atoms with Gasteiger partial charge in [0.1, 0.15) is 0 Å². The minimum Gasteiger partial charge on any atom is -0.311 e. The predicted octanol–water partition coefficient (Wildman–Crippen LogP) is 1.59. The molecule has 0 unspecified atom stereocenters. The van der Waals surface area contributed by atoms with Crippen LogP contribution in [-0.2, 0) is 0 Å². The molecule has 0 radical (unpaired) electrons. The molecule has 14 heavy (non-hydrogen) atoms. The molecular formula is C11H22N2S. The average Bonchev–Trinajstić information content (AvgIpc) is 2.16. The highest BCUT2D eigenvalue weighted by Crippen LogP contribution is 2.09. The quantitative estimate of drug-likeness (QED) is 0.700. The summed E-state index contributed by atoms with van der Waals surface area (Å²) in [5.74, 6) is 2.57. The van der Waals surface area contributed by atoms with E-state index in [-0.39, 0.29) is 0 Å². The van der Waals surface area contributed by atoms with Gasteiger partial charge in [-0.15, -0.1) is 0 Å². The van der Waals surface area contributed by atoms with Crippen molar-refractivity contribution in [1.82, 2.24) is 10.2 Å². The Kier molecular flexibility index (Phi) is 5.60. The molecule has 1 saturated heterocycles. The molecular weight excluding hydrogens is 192 g/mol. The first-order chi connectivity index (χ1) is 6.68.